The van der Waals surface area contributed by atoms with Crippen molar-refractivity contribution in [1.29, 1.82) is 0 Å². The number of hydrogen-bond donors (Lipinski definition) is 1. The van der Waals surface area contributed by atoms with Crippen LogP contribution in [0.1, 0.15) is 11.3 Å². The van der Waals surface area contributed by atoms with E-state index in [4.69, 9.17) is 0 Å². The van der Waals surface area contributed by atoms with Crippen LogP contribution in [-0.2, 0) is 24.6 Å². The van der Waals surface area contributed by atoms with E-state index in [2.05, 4.69) is 35.4 Å². The van der Waals surface area contributed by atoms with E-state index in [0.717, 1.165) is 78.2 Å². The summed E-state index contributed by atoms with van der Waals surface area (Å²) in [6.07, 6.45) is 2.91. The Kier molecular flexibility index (Phi) is 8.57. The lowest BCUT2D eigenvalue weighted by Crippen LogP contribution is -2.49. The minimum atomic E-state index is -3.87. The monoisotopic (exact) mass is 723 g/mol. The number of hydrogen-bond acceptors (Lipinski definition) is 10. The van der Waals surface area contributed by atoms with E-state index in [-0.39, 0.29) is 22.6 Å². The Hall–Kier alpha value is -5.87. The van der Waals surface area contributed by atoms with Crippen molar-refractivity contribution in [3.05, 3.63) is 119 Å². The fourth-order valence-corrected chi connectivity index (χ4v) is 6.97. The normalized spacial score (nSPS) is 17.3. The highest BCUT2D eigenvalue weighted by Crippen LogP contribution is 2.50. The smallest absolute Gasteiger partial charge is 0.350 e. The van der Waals surface area contributed by atoms with Crippen LogP contribution in [0.4, 0.5) is 24.5 Å². The van der Waals surface area contributed by atoms with E-state index in [0.29, 0.717) is 12.1 Å². The summed E-state index contributed by atoms with van der Waals surface area (Å²) >= 11 is 0. The molecule has 0 unspecified atom stereocenters. The molecule has 1 saturated heterocycles. The van der Waals surface area contributed by atoms with E-state index in [1.54, 1.807) is 17.0 Å². The van der Waals surface area contributed by atoms with Crippen molar-refractivity contribution in [3.8, 4) is 28.2 Å². The van der Waals surface area contributed by atoms with Crippen molar-refractivity contribution in [3.63, 3.8) is 0 Å². The van der Waals surface area contributed by atoms with Gasteiger partial charge in [-0.25, -0.2) is 23.1 Å². The third-order valence-electron chi connectivity index (χ3n) is 10.0. The molecule has 2 aliphatic heterocycles. The third kappa shape index (κ3) is 6.12. The molecule has 8 rings (SSSR count). The van der Waals surface area contributed by atoms with Gasteiger partial charge in [-0.3, -0.25) is 4.98 Å². The number of fused-ring (bicyclic) bond motifs is 3. The van der Waals surface area contributed by atoms with Gasteiger partial charge in [-0.15, -0.1) is 5.10 Å². The van der Waals surface area contributed by atoms with Gasteiger partial charge in [0.15, 0.2) is 11.4 Å². The molecule has 0 saturated carbocycles. The maximum Gasteiger partial charge on any atom is 0.350 e. The number of aromatic nitrogens is 8. The number of tetrazole rings is 1. The SMILES string of the molecule is CN(C)CCn1ncn(-c2ccc(N3CCN(c4ccc(-c5ccc(C(F)(F)[C@]6(O)Cn7nnnc7-c7cc(F)ccc76)nc5)cc4)CC3)cc2)c1=O. The van der Waals surface area contributed by atoms with E-state index in [9.17, 15) is 14.3 Å². The molecule has 0 aliphatic carbocycles. The first-order chi connectivity index (χ1) is 25.5. The van der Waals surface area contributed by atoms with Crippen LogP contribution in [-0.4, -0.2) is 96.4 Å². The van der Waals surface area contributed by atoms with Crippen molar-refractivity contribution in [2.45, 2.75) is 24.6 Å². The summed E-state index contributed by atoms with van der Waals surface area (Å²) in [6.45, 7) is 3.83. The Balaban J connectivity index is 0.911. The van der Waals surface area contributed by atoms with Gasteiger partial charge in [0.2, 0.25) is 0 Å². The Morgan fingerprint density at radius 2 is 1.51 bits per heavy atom. The van der Waals surface area contributed by atoms with Crippen molar-refractivity contribution in [2.75, 3.05) is 56.6 Å². The van der Waals surface area contributed by atoms with E-state index >= 15 is 8.78 Å². The molecule has 0 radical (unpaired) electrons. The predicted molar refractivity (Wildman–Crippen MR) is 191 cm³/mol. The molecule has 2 aliphatic rings. The fourth-order valence-electron chi connectivity index (χ4n) is 6.97. The number of aliphatic hydroxyl groups is 1. The summed E-state index contributed by atoms with van der Waals surface area (Å²) in [6, 6.07) is 21.7. The molecule has 53 heavy (non-hydrogen) atoms. The summed E-state index contributed by atoms with van der Waals surface area (Å²) in [5.41, 5.74) is 0.544. The summed E-state index contributed by atoms with van der Waals surface area (Å²) < 4.78 is 50.5. The van der Waals surface area contributed by atoms with Gasteiger partial charge in [0, 0.05) is 67.0 Å². The van der Waals surface area contributed by atoms with Gasteiger partial charge in [-0.05, 0) is 84.7 Å². The summed E-state index contributed by atoms with van der Waals surface area (Å²) in [5, 5.41) is 26.8. The predicted octanol–water partition coefficient (Wildman–Crippen LogP) is 3.77. The molecule has 6 aromatic rings. The van der Waals surface area contributed by atoms with Crippen molar-refractivity contribution < 1.29 is 18.3 Å². The molecular weight excluding hydrogens is 687 g/mol. The Morgan fingerprint density at radius 1 is 0.868 bits per heavy atom. The molecule has 272 valence electrons. The number of anilines is 2. The second kappa shape index (κ2) is 13.3. The average molecular weight is 724 g/mol. The molecule has 0 amide bonds. The minimum Gasteiger partial charge on any atom is -0.377 e. The molecule has 16 heteroatoms. The number of alkyl halides is 2. The zero-order valence-corrected chi connectivity index (χ0v) is 29.0. The maximum atomic E-state index is 16.2. The van der Waals surface area contributed by atoms with Gasteiger partial charge in [0.05, 0.1) is 18.8 Å². The lowest BCUT2D eigenvalue weighted by molar-refractivity contribution is -0.207. The van der Waals surface area contributed by atoms with Crippen LogP contribution in [0.5, 0.6) is 0 Å². The molecule has 1 atom stereocenters. The molecule has 1 N–H and O–H groups in total. The average Bonchev–Trinajstić information content (AvgIpc) is 3.80. The highest BCUT2D eigenvalue weighted by molar-refractivity contribution is 5.67. The largest absolute Gasteiger partial charge is 0.377 e. The molecule has 3 aromatic heterocycles. The lowest BCUT2D eigenvalue weighted by atomic mass is 9.80. The number of piperazine rings is 1. The number of pyridine rings is 1. The van der Waals surface area contributed by atoms with Crippen molar-refractivity contribution >= 4 is 11.4 Å². The Morgan fingerprint density at radius 3 is 2.15 bits per heavy atom. The van der Waals surface area contributed by atoms with Crippen LogP contribution in [0.25, 0.3) is 28.2 Å². The molecule has 13 nitrogen and oxygen atoms in total. The first-order valence-electron chi connectivity index (χ1n) is 17.1. The van der Waals surface area contributed by atoms with E-state index < -0.39 is 29.6 Å². The van der Waals surface area contributed by atoms with Gasteiger partial charge in [0.1, 0.15) is 17.8 Å². The van der Waals surface area contributed by atoms with E-state index in [1.165, 1.54) is 16.9 Å². The van der Waals surface area contributed by atoms with Gasteiger partial charge in [-0.1, -0.05) is 24.3 Å². The van der Waals surface area contributed by atoms with Crippen LogP contribution >= 0.6 is 0 Å². The van der Waals surface area contributed by atoms with Gasteiger partial charge < -0.3 is 19.8 Å². The highest BCUT2D eigenvalue weighted by Gasteiger charge is 2.59. The molecule has 1 fully saturated rings. The first kappa shape index (κ1) is 34.2. The van der Waals surface area contributed by atoms with Crippen LogP contribution in [0.2, 0.25) is 0 Å². The lowest BCUT2D eigenvalue weighted by Gasteiger charge is -2.39. The summed E-state index contributed by atoms with van der Waals surface area (Å²) in [5.74, 6) is -4.44. The quantitative estimate of drug-likeness (QED) is 0.236. The number of likely N-dealkylation sites (N-methyl/N-ethyl adjacent to an activating group) is 1. The zero-order valence-electron chi connectivity index (χ0n) is 29.0. The molecule has 0 bridgehead atoms. The van der Waals surface area contributed by atoms with Gasteiger partial charge >= 0.3 is 11.6 Å². The number of halogens is 3. The number of nitrogens with zero attached hydrogens (tertiary/aromatic N) is 11. The minimum absolute atomic E-state index is 0.00857. The Bertz CT molecular complexity index is 2300. The number of benzene rings is 3. The molecule has 3 aromatic carbocycles. The standard InChI is InChI=1S/C37H36F3N11O2/c1-46(2)15-20-50-35(52)49(24-42-50)30-11-9-29(10-12-30)48-18-16-47(17-19-48)28-7-3-25(4-8-28)26-5-14-33(41-22-26)37(39,40)36(53)23-51-34(43-44-45-51)31-21-27(38)6-13-32(31)36/h3-14,21-22,24,53H,15-20,23H2,1-2H3/t36-/m0/s1. The van der Waals surface area contributed by atoms with Crippen LogP contribution in [0.15, 0.2) is 96.2 Å². The first-order valence-corrected chi connectivity index (χ1v) is 17.1. The van der Waals surface area contributed by atoms with Crippen LogP contribution < -0.4 is 15.5 Å². The van der Waals surface area contributed by atoms with Gasteiger partial charge in [0.25, 0.3) is 0 Å². The zero-order chi connectivity index (χ0) is 36.9. The maximum absolute atomic E-state index is 16.2. The molecule has 0 spiro atoms. The molecular formula is C37H36F3N11O2. The fraction of sp³-hybridized carbons (Fsp3) is 0.297. The molecule has 5 heterocycles. The highest BCUT2D eigenvalue weighted by atomic mass is 19.3. The Labute approximate surface area is 302 Å². The third-order valence-corrected chi connectivity index (χ3v) is 10.0. The second-order valence-electron chi connectivity index (χ2n) is 13.6. The van der Waals surface area contributed by atoms with Crippen LogP contribution in [0, 0.1) is 5.82 Å². The van der Waals surface area contributed by atoms with Crippen molar-refractivity contribution in [2.24, 2.45) is 0 Å². The van der Waals surface area contributed by atoms with Crippen LogP contribution in [0.3, 0.4) is 0 Å². The van der Waals surface area contributed by atoms with Crippen molar-refractivity contribution in [1.82, 2.24) is 44.4 Å². The van der Waals surface area contributed by atoms with E-state index in [1.807, 2.05) is 67.5 Å². The topological polar surface area (TPSA) is 126 Å². The second-order valence-corrected chi connectivity index (χ2v) is 13.6. The summed E-state index contributed by atoms with van der Waals surface area (Å²) in [4.78, 5) is 23.5. The summed E-state index contributed by atoms with van der Waals surface area (Å²) in [7, 11) is 3.91. The number of rotatable bonds is 9. The van der Waals surface area contributed by atoms with Gasteiger partial charge in [-0.2, -0.15) is 13.9 Å².